The minimum absolute atomic E-state index is 0.0642. The number of carboxylic acids is 1. The van der Waals surface area contributed by atoms with E-state index in [-0.39, 0.29) is 23.2 Å². The Labute approximate surface area is 156 Å². The van der Waals surface area contributed by atoms with E-state index in [0.29, 0.717) is 5.75 Å². The SMILES string of the molecule is CN1CCC[C@H]1c1cnc([N+](=O)[O-])n1C.COc1ccc(N)c(C(=O)O)c1. The largest absolute Gasteiger partial charge is 0.497 e. The Morgan fingerprint density at radius 1 is 1.44 bits per heavy atom. The van der Waals surface area contributed by atoms with Crippen molar-refractivity contribution in [2.75, 3.05) is 26.4 Å². The number of benzene rings is 1. The number of carbonyl (C=O) groups is 1. The summed E-state index contributed by atoms with van der Waals surface area (Å²) in [7, 11) is 5.21. The second kappa shape index (κ2) is 8.49. The Kier molecular flexibility index (Phi) is 6.35. The quantitative estimate of drug-likeness (QED) is 0.469. The Bertz CT molecular complexity index is 835. The number of rotatable bonds is 4. The molecule has 27 heavy (non-hydrogen) atoms. The van der Waals surface area contributed by atoms with Crippen LogP contribution in [0.3, 0.4) is 0 Å². The highest BCUT2D eigenvalue weighted by atomic mass is 16.6. The summed E-state index contributed by atoms with van der Waals surface area (Å²) in [5, 5.41) is 19.3. The highest BCUT2D eigenvalue weighted by Crippen LogP contribution is 2.31. The average molecular weight is 377 g/mol. The van der Waals surface area contributed by atoms with Gasteiger partial charge in [0.15, 0.2) is 0 Å². The normalized spacial score (nSPS) is 16.5. The summed E-state index contributed by atoms with van der Waals surface area (Å²) in [6, 6.07) is 4.78. The van der Waals surface area contributed by atoms with E-state index in [1.54, 1.807) is 23.9 Å². The zero-order valence-electron chi connectivity index (χ0n) is 15.5. The van der Waals surface area contributed by atoms with Crippen molar-refractivity contribution in [1.82, 2.24) is 14.5 Å². The molecule has 0 spiro atoms. The number of nitro groups is 1. The van der Waals surface area contributed by atoms with Crippen LogP contribution in [0.4, 0.5) is 11.6 Å². The van der Waals surface area contributed by atoms with Gasteiger partial charge in [0.2, 0.25) is 0 Å². The van der Waals surface area contributed by atoms with Crippen LogP contribution in [0.25, 0.3) is 0 Å². The molecule has 146 valence electrons. The summed E-state index contributed by atoms with van der Waals surface area (Å²) >= 11 is 0. The van der Waals surface area contributed by atoms with Crippen LogP contribution in [0.2, 0.25) is 0 Å². The van der Waals surface area contributed by atoms with Crippen molar-refractivity contribution in [1.29, 1.82) is 0 Å². The van der Waals surface area contributed by atoms with Crippen molar-refractivity contribution >= 4 is 17.6 Å². The van der Waals surface area contributed by atoms with Crippen LogP contribution in [0, 0.1) is 10.1 Å². The van der Waals surface area contributed by atoms with Gasteiger partial charge in [-0.1, -0.05) is 4.98 Å². The number of aromatic nitrogens is 2. The highest BCUT2D eigenvalue weighted by molar-refractivity contribution is 5.94. The molecule has 3 N–H and O–H groups in total. The number of hydrogen-bond acceptors (Lipinski definition) is 7. The molecule has 0 saturated carbocycles. The molecule has 0 amide bonds. The molecule has 1 saturated heterocycles. The third-order valence-electron chi connectivity index (χ3n) is 4.52. The summed E-state index contributed by atoms with van der Waals surface area (Å²) in [6.45, 7) is 1.05. The lowest BCUT2D eigenvalue weighted by Gasteiger charge is -2.17. The molecule has 10 heteroatoms. The molecule has 10 nitrogen and oxygen atoms in total. The number of nitrogens with zero attached hydrogens (tertiary/aromatic N) is 4. The first kappa shape index (κ1) is 20.2. The van der Waals surface area contributed by atoms with Gasteiger partial charge >= 0.3 is 11.9 Å². The fourth-order valence-corrected chi connectivity index (χ4v) is 3.02. The number of nitrogen functional groups attached to an aromatic ring is 1. The fourth-order valence-electron chi connectivity index (χ4n) is 3.02. The second-order valence-corrected chi connectivity index (χ2v) is 6.20. The second-order valence-electron chi connectivity index (χ2n) is 6.20. The molecule has 1 fully saturated rings. The lowest BCUT2D eigenvalue weighted by atomic mass is 10.1. The van der Waals surface area contributed by atoms with Crippen LogP contribution >= 0.6 is 0 Å². The van der Waals surface area contributed by atoms with Crippen molar-refractivity contribution in [3.8, 4) is 5.75 Å². The van der Waals surface area contributed by atoms with E-state index in [2.05, 4.69) is 9.88 Å². The fraction of sp³-hybridized carbons (Fsp3) is 0.412. The summed E-state index contributed by atoms with van der Waals surface area (Å²) in [6.07, 6.45) is 3.80. The maximum atomic E-state index is 10.6. The van der Waals surface area contributed by atoms with Crippen molar-refractivity contribution in [2.45, 2.75) is 18.9 Å². The number of ether oxygens (including phenoxy) is 1. The van der Waals surface area contributed by atoms with E-state index < -0.39 is 10.9 Å². The Hall–Kier alpha value is -3.14. The van der Waals surface area contributed by atoms with E-state index in [1.165, 1.54) is 19.2 Å². The molecule has 1 aromatic carbocycles. The van der Waals surface area contributed by atoms with Crippen LogP contribution in [0.1, 0.15) is 34.9 Å². The molecular weight excluding hydrogens is 354 g/mol. The van der Waals surface area contributed by atoms with E-state index in [0.717, 1.165) is 25.1 Å². The van der Waals surface area contributed by atoms with Gasteiger partial charge < -0.3 is 25.7 Å². The standard InChI is InChI=1S/C9H14N4O2.C8H9NO3/c1-11-5-3-4-7(11)8-6-10-9(12(8)2)13(14)15;1-12-5-2-3-7(9)6(4-5)8(10)11/h6-7H,3-5H2,1-2H3;2-4H,9H2,1H3,(H,10,11)/t7-;/m0./s1. The maximum Gasteiger partial charge on any atom is 0.434 e. The predicted octanol–water partition coefficient (Wildman–Crippen LogP) is 2.07. The van der Waals surface area contributed by atoms with Crippen LogP contribution in [-0.4, -0.2) is 51.2 Å². The lowest BCUT2D eigenvalue weighted by Crippen LogP contribution is -2.19. The van der Waals surface area contributed by atoms with Gasteiger partial charge in [0.05, 0.1) is 25.8 Å². The molecule has 1 atom stereocenters. The first-order valence-corrected chi connectivity index (χ1v) is 8.29. The molecule has 0 radical (unpaired) electrons. The number of imidazole rings is 1. The molecule has 1 aliphatic rings. The number of aromatic carboxylic acids is 1. The van der Waals surface area contributed by atoms with Gasteiger partial charge in [0, 0.05) is 5.69 Å². The third kappa shape index (κ3) is 4.53. The zero-order valence-corrected chi connectivity index (χ0v) is 15.5. The van der Waals surface area contributed by atoms with Crippen LogP contribution in [0.5, 0.6) is 5.75 Å². The van der Waals surface area contributed by atoms with E-state index in [1.807, 2.05) is 7.05 Å². The third-order valence-corrected chi connectivity index (χ3v) is 4.52. The molecule has 2 heterocycles. The van der Waals surface area contributed by atoms with E-state index in [9.17, 15) is 14.9 Å². The van der Waals surface area contributed by atoms with Gasteiger partial charge in [-0.05, 0) is 49.6 Å². The highest BCUT2D eigenvalue weighted by Gasteiger charge is 2.30. The molecule has 1 aromatic heterocycles. The average Bonchev–Trinajstić information content (AvgIpc) is 3.21. The predicted molar refractivity (Wildman–Crippen MR) is 98.8 cm³/mol. The summed E-state index contributed by atoms with van der Waals surface area (Å²) < 4.78 is 6.42. The van der Waals surface area contributed by atoms with E-state index >= 15 is 0 Å². The number of carboxylic acid groups (broad SMARTS) is 1. The summed E-state index contributed by atoms with van der Waals surface area (Å²) in [4.78, 5) is 26.8. The van der Waals surface area contributed by atoms with Gasteiger partial charge in [-0.3, -0.25) is 4.90 Å². The molecule has 0 bridgehead atoms. The topological polar surface area (TPSA) is 137 Å². The monoisotopic (exact) mass is 377 g/mol. The summed E-state index contributed by atoms with van der Waals surface area (Å²) in [5.41, 5.74) is 6.64. The van der Waals surface area contributed by atoms with Crippen LogP contribution in [-0.2, 0) is 7.05 Å². The molecule has 1 aliphatic heterocycles. The summed E-state index contributed by atoms with van der Waals surface area (Å²) in [5.74, 6) is -0.640. The number of nitrogens with two attached hydrogens (primary N) is 1. The molecule has 3 rings (SSSR count). The van der Waals surface area contributed by atoms with Crippen LogP contribution < -0.4 is 10.5 Å². The number of hydrogen-bond donors (Lipinski definition) is 2. The number of methoxy groups -OCH3 is 1. The van der Waals surface area contributed by atoms with Gasteiger partial charge in [-0.25, -0.2) is 9.36 Å². The first-order valence-electron chi connectivity index (χ1n) is 8.29. The van der Waals surface area contributed by atoms with Crippen molar-refractivity contribution in [3.63, 3.8) is 0 Å². The smallest absolute Gasteiger partial charge is 0.434 e. The van der Waals surface area contributed by atoms with Crippen LogP contribution in [0.15, 0.2) is 24.4 Å². The Morgan fingerprint density at radius 3 is 2.63 bits per heavy atom. The molecule has 0 aliphatic carbocycles. The molecule has 0 unspecified atom stereocenters. The number of likely N-dealkylation sites (tertiary alicyclic amines) is 1. The van der Waals surface area contributed by atoms with Gasteiger partial charge in [0.25, 0.3) is 0 Å². The Morgan fingerprint density at radius 2 is 2.15 bits per heavy atom. The van der Waals surface area contributed by atoms with E-state index in [4.69, 9.17) is 15.6 Å². The lowest BCUT2D eigenvalue weighted by molar-refractivity contribution is -0.396. The van der Waals surface area contributed by atoms with Gasteiger partial charge in [-0.2, -0.15) is 0 Å². The van der Waals surface area contributed by atoms with Crippen molar-refractivity contribution < 1.29 is 19.6 Å². The molecule has 2 aromatic rings. The first-order chi connectivity index (χ1) is 12.8. The Balaban J connectivity index is 0.000000199. The minimum atomic E-state index is -1.05. The van der Waals surface area contributed by atoms with Crippen molar-refractivity contribution in [3.05, 3.63) is 45.8 Å². The number of anilines is 1. The maximum absolute atomic E-state index is 10.6. The van der Waals surface area contributed by atoms with Gasteiger partial charge in [0.1, 0.15) is 17.6 Å². The van der Waals surface area contributed by atoms with Gasteiger partial charge in [-0.15, -0.1) is 0 Å². The molecular formula is C17H23N5O5. The van der Waals surface area contributed by atoms with Crippen molar-refractivity contribution in [2.24, 2.45) is 7.05 Å². The minimum Gasteiger partial charge on any atom is -0.497 e. The zero-order chi connectivity index (χ0) is 20.1.